The average Bonchev–Trinajstić information content (AvgIpc) is 3.10. The summed E-state index contributed by atoms with van der Waals surface area (Å²) in [5.74, 6) is -0.0885. The Morgan fingerprint density at radius 1 is 1.17 bits per heavy atom. The Kier molecular flexibility index (Phi) is 3.95. The molecule has 0 spiro atoms. The Bertz CT molecular complexity index is 961. The van der Waals surface area contributed by atoms with E-state index in [1.807, 2.05) is 13.8 Å². The second-order valence-corrected chi connectivity index (χ2v) is 7.92. The highest BCUT2D eigenvalue weighted by Gasteiger charge is 2.21. The minimum absolute atomic E-state index is 0.0733. The first-order valence-electron chi connectivity index (χ1n) is 6.69. The minimum Gasteiger partial charge on any atom is -0.355 e. The van der Waals surface area contributed by atoms with Gasteiger partial charge < -0.3 is 4.52 Å². The van der Waals surface area contributed by atoms with E-state index >= 15 is 0 Å². The fraction of sp³-hybridized carbons (Fsp3) is 0.133. The van der Waals surface area contributed by atoms with Crippen molar-refractivity contribution in [1.29, 1.82) is 0 Å². The molecule has 0 bridgehead atoms. The number of halogens is 1. The van der Waals surface area contributed by atoms with Crippen LogP contribution in [0.15, 0.2) is 45.1 Å². The van der Waals surface area contributed by atoms with E-state index in [0.29, 0.717) is 10.6 Å². The number of sulfonamides is 1. The van der Waals surface area contributed by atoms with Crippen LogP contribution in [0.25, 0.3) is 10.6 Å². The topological polar surface area (TPSA) is 72.2 Å². The van der Waals surface area contributed by atoms with Crippen molar-refractivity contribution in [3.63, 3.8) is 0 Å². The van der Waals surface area contributed by atoms with Crippen molar-refractivity contribution in [2.24, 2.45) is 0 Å². The number of aryl methyl sites for hydroxylation is 1. The predicted molar refractivity (Wildman–Crippen MR) is 86.5 cm³/mol. The van der Waals surface area contributed by atoms with Crippen molar-refractivity contribution in [3.05, 3.63) is 53.5 Å². The number of nitrogens with one attached hydrogen (secondary N) is 1. The normalized spacial score (nSPS) is 11.6. The molecule has 0 unspecified atom stereocenters. The molecule has 120 valence electrons. The van der Waals surface area contributed by atoms with E-state index in [2.05, 4.69) is 9.88 Å². The van der Waals surface area contributed by atoms with Crippen LogP contribution in [0.4, 0.5) is 10.1 Å². The number of aromatic nitrogens is 1. The highest BCUT2D eigenvalue weighted by atomic mass is 32.2. The monoisotopic (exact) mass is 352 g/mol. The van der Waals surface area contributed by atoms with Gasteiger partial charge in [0.1, 0.15) is 10.0 Å². The Labute approximate surface area is 136 Å². The first-order chi connectivity index (χ1) is 10.9. The quantitative estimate of drug-likeness (QED) is 0.771. The van der Waals surface area contributed by atoms with Crippen LogP contribution in [-0.4, -0.2) is 13.6 Å². The van der Waals surface area contributed by atoms with Crippen LogP contribution in [-0.2, 0) is 10.0 Å². The van der Waals surface area contributed by atoms with E-state index in [4.69, 9.17) is 4.52 Å². The van der Waals surface area contributed by atoms with Gasteiger partial charge in [-0.15, -0.1) is 11.3 Å². The molecule has 1 aromatic carbocycles. The second-order valence-electron chi connectivity index (χ2n) is 4.93. The number of anilines is 1. The van der Waals surface area contributed by atoms with Gasteiger partial charge in [0.05, 0.1) is 16.3 Å². The van der Waals surface area contributed by atoms with Gasteiger partial charge in [-0.3, -0.25) is 4.72 Å². The van der Waals surface area contributed by atoms with Crippen molar-refractivity contribution in [1.82, 2.24) is 5.16 Å². The fourth-order valence-corrected chi connectivity index (χ4v) is 4.38. The summed E-state index contributed by atoms with van der Waals surface area (Å²) < 4.78 is 45.9. The van der Waals surface area contributed by atoms with E-state index < -0.39 is 15.8 Å². The predicted octanol–water partition coefficient (Wildman–Crippen LogP) is 3.96. The highest BCUT2D eigenvalue weighted by molar-refractivity contribution is 7.94. The van der Waals surface area contributed by atoms with Crippen molar-refractivity contribution in [2.45, 2.75) is 18.1 Å². The standard InChI is InChI=1S/C15H13FN2O3S2/c1-9-10(2)17-21-15(9)13-7-8-14(22-13)23(19,20)18-12-6-4-3-5-11(12)16/h3-8,18H,1-2H3. The number of hydrogen-bond donors (Lipinski definition) is 1. The lowest BCUT2D eigenvalue weighted by Crippen LogP contribution is -2.12. The van der Waals surface area contributed by atoms with Crippen LogP contribution in [0.1, 0.15) is 11.3 Å². The molecule has 5 nitrogen and oxygen atoms in total. The first-order valence-corrected chi connectivity index (χ1v) is 8.99. The van der Waals surface area contributed by atoms with Gasteiger partial charge in [0, 0.05) is 5.56 Å². The summed E-state index contributed by atoms with van der Waals surface area (Å²) >= 11 is 1.04. The van der Waals surface area contributed by atoms with E-state index in [-0.39, 0.29) is 9.90 Å². The van der Waals surface area contributed by atoms with Gasteiger partial charge in [0.2, 0.25) is 0 Å². The summed E-state index contributed by atoms with van der Waals surface area (Å²) in [7, 11) is -3.86. The largest absolute Gasteiger partial charge is 0.355 e. The maximum Gasteiger partial charge on any atom is 0.271 e. The van der Waals surface area contributed by atoms with E-state index in [9.17, 15) is 12.8 Å². The maximum absolute atomic E-state index is 13.6. The number of hydrogen-bond acceptors (Lipinski definition) is 5. The summed E-state index contributed by atoms with van der Waals surface area (Å²) in [6.45, 7) is 3.67. The van der Waals surface area contributed by atoms with Gasteiger partial charge in [-0.1, -0.05) is 17.3 Å². The molecule has 0 aliphatic carbocycles. The number of nitrogens with zero attached hydrogens (tertiary/aromatic N) is 1. The van der Waals surface area contributed by atoms with Crippen molar-refractivity contribution in [3.8, 4) is 10.6 Å². The van der Waals surface area contributed by atoms with Gasteiger partial charge >= 0.3 is 0 Å². The molecule has 0 fully saturated rings. The minimum atomic E-state index is -3.86. The summed E-state index contributed by atoms with van der Waals surface area (Å²) in [5.41, 5.74) is 1.52. The van der Waals surface area contributed by atoms with Gasteiger partial charge in [-0.05, 0) is 38.1 Å². The van der Waals surface area contributed by atoms with E-state index in [0.717, 1.165) is 22.6 Å². The molecule has 0 saturated heterocycles. The molecule has 2 heterocycles. The number of benzene rings is 1. The second kappa shape index (κ2) is 5.78. The third-order valence-corrected chi connectivity index (χ3v) is 6.29. The molecular formula is C15H13FN2O3S2. The summed E-state index contributed by atoms with van der Waals surface area (Å²) in [6, 6.07) is 8.71. The fourth-order valence-electron chi connectivity index (χ4n) is 1.97. The Hall–Kier alpha value is -2.19. The van der Waals surface area contributed by atoms with Crippen LogP contribution in [0.2, 0.25) is 0 Å². The number of para-hydroxylation sites is 1. The zero-order valence-electron chi connectivity index (χ0n) is 12.3. The van der Waals surface area contributed by atoms with Crippen molar-refractivity contribution < 1.29 is 17.3 Å². The molecule has 0 aliphatic rings. The highest BCUT2D eigenvalue weighted by Crippen LogP contribution is 2.34. The van der Waals surface area contributed by atoms with Crippen LogP contribution in [0.5, 0.6) is 0 Å². The molecule has 1 N–H and O–H groups in total. The van der Waals surface area contributed by atoms with Crippen LogP contribution >= 0.6 is 11.3 Å². The summed E-state index contributed by atoms with van der Waals surface area (Å²) in [4.78, 5) is 0.650. The lowest BCUT2D eigenvalue weighted by molar-refractivity contribution is 0.427. The maximum atomic E-state index is 13.6. The molecule has 0 atom stereocenters. The van der Waals surface area contributed by atoms with Gasteiger partial charge in [0.15, 0.2) is 5.76 Å². The van der Waals surface area contributed by atoms with Crippen LogP contribution in [0, 0.1) is 19.7 Å². The molecule has 3 aromatic rings. The lowest BCUT2D eigenvalue weighted by Gasteiger charge is -2.06. The SMILES string of the molecule is Cc1noc(-c2ccc(S(=O)(=O)Nc3ccccc3F)s2)c1C. The molecule has 0 aliphatic heterocycles. The summed E-state index contributed by atoms with van der Waals surface area (Å²) in [5, 5.41) is 3.86. The van der Waals surface area contributed by atoms with Crippen LogP contribution in [0.3, 0.4) is 0 Å². The Morgan fingerprint density at radius 2 is 1.91 bits per heavy atom. The average molecular weight is 352 g/mol. The van der Waals surface area contributed by atoms with Crippen molar-refractivity contribution >= 4 is 27.0 Å². The molecule has 8 heteroatoms. The van der Waals surface area contributed by atoms with Gasteiger partial charge in [0.25, 0.3) is 10.0 Å². The molecule has 0 saturated carbocycles. The first kappa shape index (κ1) is 15.7. The number of rotatable bonds is 4. The molecule has 2 aromatic heterocycles. The zero-order valence-corrected chi connectivity index (χ0v) is 14.0. The Balaban J connectivity index is 1.93. The van der Waals surface area contributed by atoms with Gasteiger partial charge in [-0.2, -0.15) is 0 Å². The third-order valence-electron chi connectivity index (χ3n) is 3.35. The third kappa shape index (κ3) is 2.99. The lowest BCUT2D eigenvalue weighted by atomic mass is 10.2. The zero-order chi connectivity index (χ0) is 16.6. The number of thiophene rings is 1. The molecule has 23 heavy (non-hydrogen) atoms. The van der Waals surface area contributed by atoms with Crippen molar-refractivity contribution in [2.75, 3.05) is 4.72 Å². The van der Waals surface area contributed by atoms with E-state index in [1.165, 1.54) is 24.3 Å². The molecule has 0 radical (unpaired) electrons. The Morgan fingerprint density at radius 3 is 2.57 bits per heavy atom. The molecule has 0 amide bonds. The molecule has 3 rings (SSSR count). The summed E-state index contributed by atoms with van der Waals surface area (Å²) in [6.07, 6.45) is 0. The van der Waals surface area contributed by atoms with Crippen LogP contribution < -0.4 is 4.72 Å². The van der Waals surface area contributed by atoms with E-state index in [1.54, 1.807) is 12.1 Å². The smallest absolute Gasteiger partial charge is 0.271 e. The van der Waals surface area contributed by atoms with Gasteiger partial charge in [-0.25, -0.2) is 12.8 Å². The molecular weight excluding hydrogens is 339 g/mol.